The summed E-state index contributed by atoms with van der Waals surface area (Å²) in [4.78, 5) is 12.7. The number of hydrogen-bond acceptors (Lipinski definition) is 2. The van der Waals surface area contributed by atoms with Crippen molar-refractivity contribution < 1.29 is 4.79 Å². The molecule has 1 atom stereocenters. The number of nitrogens with one attached hydrogen (secondary N) is 2. The first-order chi connectivity index (χ1) is 10.2. The van der Waals surface area contributed by atoms with Gasteiger partial charge in [0.25, 0.3) is 0 Å². The fourth-order valence-electron chi connectivity index (χ4n) is 4.29. The van der Waals surface area contributed by atoms with Crippen molar-refractivity contribution in [3.8, 4) is 0 Å². The first kappa shape index (κ1) is 15.8. The van der Waals surface area contributed by atoms with Crippen molar-refractivity contribution in [2.75, 3.05) is 13.1 Å². The lowest BCUT2D eigenvalue weighted by atomic mass is 9.71. The van der Waals surface area contributed by atoms with Crippen LogP contribution in [0.15, 0.2) is 30.3 Å². The molecule has 0 bridgehead atoms. The predicted octanol–water partition coefficient (Wildman–Crippen LogP) is 2.99. The first-order valence-electron chi connectivity index (χ1n) is 8.33. The van der Waals surface area contributed by atoms with Gasteiger partial charge in [-0.15, -0.1) is 12.4 Å². The van der Waals surface area contributed by atoms with Gasteiger partial charge < -0.3 is 10.6 Å². The fraction of sp³-hybridized carbons (Fsp3) is 0.611. The zero-order valence-corrected chi connectivity index (χ0v) is 13.8. The standard InChI is InChI=1S/C18H24N2O.ClH/c21-16(15-13-17(15)9-11-19-12-10-17)20-18(7-4-8-18)14-5-2-1-3-6-14;/h1-3,5-6,15,19H,4,7-13H2,(H,20,21);1H. The summed E-state index contributed by atoms with van der Waals surface area (Å²) < 4.78 is 0. The van der Waals surface area contributed by atoms with E-state index in [1.807, 2.05) is 6.07 Å². The van der Waals surface area contributed by atoms with Gasteiger partial charge in [0.15, 0.2) is 0 Å². The second-order valence-electron chi connectivity index (χ2n) is 7.16. The summed E-state index contributed by atoms with van der Waals surface area (Å²) in [6.45, 7) is 2.15. The Kier molecular flexibility index (Phi) is 4.21. The lowest BCUT2D eigenvalue weighted by Gasteiger charge is -2.43. The van der Waals surface area contributed by atoms with Crippen LogP contribution in [0, 0.1) is 11.3 Å². The average molecular weight is 321 g/mol. The van der Waals surface area contributed by atoms with Crippen LogP contribution in [-0.4, -0.2) is 19.0 Å². The largest absolute Gasteiger partial charge is 0.346 e. The number of hydrogen-bond donors (Lipinski definition) is 2. The summed E-state index contributed by atoms with van der Waals surface area (Å²) in [5.74, 6) is 0.571. The van der Waals surface area contributed by atoms with Crippen molar-refractivity contribution in [3.05, 3.63) is 35.9 Å². The van der Waals surface area contributed by atoms with Crippen molar-refractivity contribution in [2.24, 2.45) is 11.3 Å². The highest BCUT2D eigenvalue weighted by molar-refractivity contribution is 5.85. The summed E-state index contributed by atoms with van der Waals surface area (Å²) in [6, 6.07) is 10.5. The highest BCUT2D eigenvalue weighted by atomic mass is 35.5. The molecule has 3 aliphatic rings. The van der Waals surface area contributed by atoms with E-state index in [4.69, 9.17) is 0 Å². The van der Waals surface area contributed by atoms with Gasteiger partial charge in [0.1, 0.15) is 0 Å². The van der Waals surface area contributed by atoms with Gasteiger partial charge in [-0.25, -0.2) is 0 Å². The molecule has 0 aromatic heterocycles. The topological polar surface area (TPSA) is 41.1 Å². The molecule has 120 valence electrons. The lowest BCUT2D eigenvalue weighted by molar-refractivity contribution is -0.126. The van der Waals surface area contributed by atoms with Gasteiger partial charge in [0.05, 0.1) is 5.54 Å². The molecule has 1 heterocycles. The third-order valence-electron chi connectivity index (χ3n) is 6.00. The van der Waals surface area contributed by atoms with Crippen LogP contribution in [0.2, 0.25) is 0 Å². The molecule has 1 saturated heterocycles. The molecule has 1 aromatic carbocycles. The Balaban J connectivity index is 0.00000144. The van der Waals surface area contributed by atoms with Crippen LogP contribution in [0.1, 0.15) is 44.1 Å². The molecule has 2 aliphatic carbocycles. The van der Waals surface area contributed by atoms with Gasteiger partial charge in [-0.3, -0.25) is 4.79 Å². The van der Waals surface area contributed by atoms with Gasteiger partial charge in [-0.05, 0) is 62.6 Å². The number of halogens is 1. The Labute approximate surface area is 138 Å². The van der Waals surface area contributed by atoms with Crippen LogP contribution >= 0.6 is 12.4 Å². The molecule has 2 saturated carbocycles. The van der Waals surface area contributed by atoms with Crippen LogP contribution in [0.3, 0.4) is 0 Å². The minimum Gasteiger partial charge on any atom is -0.346 e. The summed E-state index contributed by atoms with van der Waals surface area (Å²) in [6.07, 6.45) is 6.83. The highest BCUT2D eigenvalue weighted by Crippen LogP contribution is 2.59. The Morgan fingerprint density at radius 1 is 1.09 bits per heavy atom. The summed E-state index contributed by atoms with van der Waals surface area (Å²) in [5, 5.41) is 6.82. The maximum absolute atomic E-state index is 12.7. The molecule has 1 aliphatic heterocycles. The van der Waals surface area contributed by atoms with Gasteiger partial charge in [0.2, 0.25) is 5.91 Å². The maximum Gasteiger partial charge on any atom is 0.224 e. The van der Waals surface area contributed by atoms with Crippen LogP contribution < -0.4 is 10.6 Å². The predicted molar refractivity (Wildman–Crippen MR) is 90.0 cm³/mol. The smallest absolute Gasteiger partial charge is 0.224 e. The van der Waals surface area contributed by atoms with Gasteiger partial charge in [-0.2, -0.15) is 0 Å². The SMILES string of the molecule is Cl.O=C(NC1(c2ccccc2)CCC1)C1CC12CCNCC2. The molecule has 1 aromatic rings. The quantitative estimate of drug-likeness (QED) is 0.899. The van der Waals surface area contributed by atoms with Crippen LogP contribution in [0.5, 0.6) is 0 Å². The van der Waals surface area contributed by atoms with Gasteiger partial charge in [-0.1, -0.05) is 30.3 Å². The van der Waals surface area contributed by atoms with E-state index in [2.05, 4.69) is 34.9 Å². The van der Waals surface area contributed by atoms with E-state index in [-0.39, 0.29) is 23.9 Å². The number of benzene rings is 1. The monoisotopic (exact) mass is 320 g/mol. The Morgan fingerprint density at radius 2 is 1.77 bits per heavy atom. The molecular formula is C18H25ClN2O. The molecule has 0 radical (unpaired) electrons. The lowest BCUT2D eigenvalue weighted by Crippen LogP contribution is -2.51. The summed E-state index contributed by atoms with van der Waals surface area (Å²) in [5.41, 5.74) is 1.54. The number of amides is 1. The molecule has 1 spiro atoms. The van der Waals surface area contributed by atoms with Crippen molar-refractivity contribution in [1.82, 2.24) is 10.6 Å². The third kappa shape index (κ3) is 2.55. The van der Waals surface area contributed by atoms with Crippen LogP contribution in [-0.2, 0) is 10.3 Å². The van der Waals surface area contributed by atoms with E-state index >= 15 is 0 Å². The van der Waals surface area contributed by atoms with E-state index in [1.54, 1.807) is 0 Å². The second kappa shape index (κ2) is 5.86. The highest BCUT2D eigenvalue weighted by Gasteiger charge is 2.58. The minimum absolute atomic E-state index is 0. The molecule has 3 fully saturated rings. The van der Waals surface area contributed by atoms with Crippen molar-refractivity contribution in [3.63, 3.8) is 0 Å². The second-order valence-corrected chi connectivity index (χ2v) is 7.16. The molecule has 3 nitrogen and oxygen atoms in total. The molecule has 4 heteroatoms. The van der Waals surface area contributed by atoms with E-state index in [9.17, 15) is 4.79 Å². The van der Waals surface area contributed by atoms with Gasteiger partial charge >= 0.3 is 0 Å². The maximum atomic E-state index is 12.7. The summed E-state index contributed by atoms with van der Waals surface area (Å²) in [7, 11) is 0. The Hall–Kier alpha value is -1.06. The van der Waals surface area contributed by atoms with E-state index < -0.39 is 0 Å². The Morgan fingerprint density at radius 3 is 2.36 bits per heavy atom. The van der Waals surface area contributed by atoms with E-state index in [1.165, 1.54) is 24.8 Å². The number of piperidine rings is 1. The zero-order valence-electron chi connectivity index (χ0n) is 12.9. The van der Waals surface area contributed by atoms with Crippen LogP contribution in [0.4, 0.5) is 0 Å². The molecule has 1 amide bonds. The number of rotatable bonds is 3. The van der Waals surface area contributed by atoms with E-state index in [0.717, 1.165) is 32.4 Å². The zero-order chi connectivity index (χ0) is 14.3. The third-order valence-corrected chi connectivity index (χ3v) is 6.00. The number of carbonyl (C=O) groups excluding carboxylic acids is 1. The van der Waals surface area contributed by atoms with Crippen molar-refractivity contribution in [1.29, 1.82) is 0 Å². The number of carbonyl (C=O) groups is 1. The molecule has 1 unspecified atom stereocenters. The van der Waals surface area contributed by atoms with Gasteiger partial charge in [0, 0.05) is 5.92 Å². The van der Waals surface area contributed by atoms with E-state index in [0.29, 0.717) is 11.3 Å². The normalized spacial score (nSPS) is 27.4. The summed E-state index contributed by atoms with van der Waals surface area (Å²) >= 11 is 0. The van der Waals surface area contributed by atoms with Crippen molar-refractivity contribution in [2.45, 2.75) is 44.1 Å². The fourth-order valence-corrected chi connectivity index (χ4v) is 4.29. The molecule has 22 heavy (non-hydrogen) atoms. The first-order valence-corrected chi connectivity index (χ1v) is 8.33. The average Bonchev–Trinajstić information content (AvgIpc) is 3.18. The van der Waals surface area contributed by atoms with Crippen molar-refractivity contribution >= 4 is 18.3 Å². The molecule has 4 rings (SSSR count). The molecule has 2 N–H and O–H groups in total. The molecular weight excluding hydrogens is 296 g/mol. The Bertz CT molecular complexity index is 535. The minimum atomic E-state index is -0.0744. The van der Waals surface area contributed by atoms with Crippen LogP contribution in [0.25, 0.3) is 0 Å².